The van der Waals surface area contributed by atoms with Gasteiger partial charge in [0.2, 0.25) is 0 Å². The van der Waals surface area contributed by atoms with Crippen molar-refractivity contribution < 1.29 is 4.79 Å². The Morgan fingerprint density at radius 1 is 1.25 bits per heavy atom. The van der Waals surface area contributed by atoms with E-state index in [2.05, 4.69) is 45.2 Å². The fourth-order valence-electron chi connectivity index (χ4n) is 4.42. The van der Waals surface area contributed by atoms with E-state index >= 15 is 0 Å². The van der Waals surface area contributed by atoms with Gasteiger partial charge in [0.1, 0.15) is 0 Å². The van der Waals surface area contributed by atoms with Crippen LogP contribution in [0.5, 0.6) is 0 Å². The highest BCUT2D eigenvalue weighted by atomic mass is 35.5. The van der Waals surface area contributed by atoms with Gasteiger partial charge in [0, 0.05) is 6.54 Å². The first kappa shape index (κ1) is 20.8. The average molecular weight is 404 g/mol. The van der Waals surface area contributed by atoms with Crippen molar-refractivity contribution >= 4 is 18.3 Å². The molecule has 1 aromatic heterocycles. The summed E-state index contributed by atoms with van der Waals surface area (Å²) >= 11 is 0. The maximum atomic E-state index is 12.8. The van der Waals surface area contributed by atoms with Crippen LogP contribution in [-0.2, 0) is 6.42 Å². The molecule has 152 valence electrons. The van der Waals surface area contributed by atoms with Gasteiger partial charge in [-0.15, -0.1) is 17.5 Å². The molecular weight excluding hydrogens is 374 g/mol. The summed E-state index contributed by atoms with van der Waals surface area (Å²) in [5, 5.41) is 15.0. The second-order valence-corrected chi connectivity index (χ2v) is 8.15. The van der Waals surface area contributed by atoms with Gasteiger partial charge in [-0.1, -0.05) is 42.0 Å². The molecule has 4 rings (SSSR count). The SMILES string of the molecule is Cc1c(C(=O)NCC2(Cc3ccccc3)CCC2)nnn1C1CCNCC1.Cl. The first-order chi connectivity index (χ1) is 13.2. The molecule has 0 unspecified atom stereocenters. The first-order valence-electron chi connectivity index (χ1n) is 10.1. The van der Waals surface area contributed by atoms with Crippen LogP contribution in [0.1, 0.15) is 59.9 Å². The van der Waals surface area contributed by atoms with E-state index in [-0.39, 0.29) is 23.7 Å². The molecule has 1 aliphatic heterocycles. The van der Waals surface area contributed by atoms with E-state index < -0.39 is 0 Å². The maximum absolute atomic E-state index is 12.8. The van der Waals surface area contributed by atoms with Crippen molar-refractivity contribution in [2.24, 2.45) is 5.41 Å². The Bertz CT molecular complexity index is 781. The smallest absolute Gasteiger partial charge is 0.273 e. The molecule has 0 spiro atoms. The van der Waals surface area contributed by atoms with Gasteiger partial charge in [-0.3, -0.25) is 4.79 Å². The number of carbonyl (C=O) groups is 1. The summed E-state index contributed by atoms with van der Waals surface area (Å²) in [5.41, 5.74) is 2.89. The van der Waals surface area contributed by atoms with E-state index in [9.17, 15) is 4.79 Å². The number of amides is 1. The lowest BCUT2D eigenvalue weighted by atomic mass is 9.65. The van der Waals surface area contributed by atoms with Gasteiger partial charge < -0.3 is 10.6 Å². The molecule has 2 fully saturated rings. The zero-order valence-corrected chi connectivity index (χ0v) is 17.3. The van der Waals surface area contributed by atoms with Gasteiger partial charge in [0.25, 0.3) is 5.91 Å². The predicted molar refractivity (Wildman–Crippen MR) is 112 cm³/mol. The van der Waals surface area contributed by atoms with Gasteiger partial charge in [-0.05, 0) is 63.1 Å². The molecule has 28 heavy (non-hydrogen) atoms. The molecule has 2 aliphatic rings. The molecular formula is C21H30ClN5O. The van der Waals surface area contributed by atoms with E-state index in [4.69, 9.17) is 0 Å². The average Bonchev–Trinajstić information content (AvgIpc) is 3.06. The number of halogens is 1. The lowest BCUT2D eigenvalue weighted by molar-refractivity contribution is 0.0854. The van der Waals surface area contributed by atoms with E-state index in [0.29, 0.717) is 18.3 Å². The van der Waals surface area contributed by atoms with Crippen molar-refractivity contribution in [3.8, 4) is 0 Å². The van der Waals surface area contributed by atoms with Crippen LogP contribution in [0.3, 0.4) is 0 Å². The monoisotopic (exact) mass is 403 g/mol. The molecule has 2 aromatic rings. The van der Waals surface area contributed by atoms with Crippen molar-refractivity contribution in [1.82, 2.24) is 25.6 Å². The Hall–Kier alpha value is -1.92. The maximum Gasteiger partial charge on any atom is 0.273 e. The summed E-state index contributed by atoms with van der Waals surface area (Å²) in [7, 11) is 0. The van der Waals surface area contributed by atoms with Gasteiger partial charge in [0.15, 0.2) is 5.69 Å². The highest BCUT2D eigenvalue weighted by Gasteiger charge is 2.37. The minimum atomic E-state index is -0.0907. The largest absolute Gasteiger partial charge is 0.350 e. The molecule has 0 bridgehead atoms. The number of nitrogens with one attached hydrogen (secondary N) is 2. The fourth-order valence-corrected chi connectivity index (χ4v) is 4.42. The van der Waals surface area contributed by atoms with E-state index in [1.54, 1.807) is 0 Å². The number of aromatic nitrogens is 3. The van der Waals surface area contributed by atoms with Gasteiger partial charge in [0.05, 0.1) is 11.7 Å². The van der Waals surface area contributed by atoms with Crippen molar-refractivity contribution in [2.75, 3.05) is 19.6 Å². The summed E-state index contributed by atoms with van der Waals surface area (Å²) in [5.74, 6) is -0.0907. The van der Waals surface area contributed by atoms with Crippen molar-refractivity contribution in [1.29, 1.82) is 0 Å². The summed E-state index contributed by atoms with van der Waals surface area (Å²) in [6, 6.07) is 10.9. The Labute approximate surface area is 172 Å². The van der Waals surface area contributed by atoms with Crippen LogP contribution in [0.15, 0.2) is 30.3 Å². The third-order valence-corrected chi connectivity index (χ3v) is 6.26. The summed E-state index contributed by atoms with van der Waals surface area (Å²) in [4.78, 5) is 12.8. The molecule has 0 radical (unpaired) electrons. The van der Waals surface area contributed by atoms with Gasteiger partial charge in [-0.2, -0.15) is 0 Å². The number of benzene rings is 1. The molecule has 1 amide bonds. The number of rotatable bonds is 6. The molecule has 1 saturated carbocycles. The first-order valence-corrected chi connectivity index (χ1v) is 10.1. The van der Waals surface area contributed by atoms with Crippen LogP contribution in [-0.4, -0.2) is 40.5 Å². The Balaban J connectivity index is 0.00000225. The lowest BCUT2D eigenvalue weighted by Gasteiger charge is -2.42. The summed E-state index contributed by atoms with van der Waals surface area (Å²) < 4.78 is 1.94. The van der Waals surface area contributed by atoms with Crippen LogP contribution in [0.25, 0.3) is 0 Å². The lowest BCUT2D eigenvalue weighted by Crippen LogP contribution is -2.43. The standard InChI is InChI=1S/C21H29N5O.ClH/c1-16-19(24-25-26(16)18-8-12-22-13-9-18)20(27)23-15-21(10-5-11-21)14-17-6-3-2-4-7-17;/h2-4,6-7,18,22H,5,8-15H2,1H3,(H,23,27);1H. The third kappa shape index (κ3) is 4.39. The molecule has 2 N–H and O–H groups in total. The number of hydrogen-bond acceptors (Lipinski definition) is 4. The molecule has 1 aromatic carbocycles. The normalized spacial score (nSPS) is 18.8. The molecule has 1 saturated heterocycles. The summed E-state index contributed by atoms with van der Waals surface area (Å²) in [6.45, 7) is 4.65. The molecule has 2 heterocycles. The van der Waals surface area contributed by atoms with Crippen molar-refractivity contribution in [2.45, 2.75) is 51.5 Å². The Morgan fingerprint density at radius 2 is 1.96 bits per heavy atom. The topological polar surface area (TPSA) is 71.8 Å². The quantitative estimate of drug-likeness (QED) is 0.777. The summed E-state index contributed by atoms with van der Waals surface area (Å²) in [6.07, 6.45) is 6.67. The molecule has 7 heteroatoms. The Morgan fingerprint density at radius 3 is 2.61 bits per heavy atom. The van der Waals surface area contributed by atoms with Crippen molar-refractivity contribution in [3.05, 3.63) is 47.3 Å². The third-order valence-electron chi connectivity index (χ3n) is 6.26. The van der Waals surface area contributed by atoms with E-state index in [1.807, 2.05) is 17.7 Å². The number of piperidine rings is 1. The number of nitrogens with zero attached hydrogens (tertiary/aromatic N) is 3. The van der Waals surface area contributed by atoms with Crippen molar-refractivity contribution in [3.63, 3.8) is 0 Å². The second kappa shape index (κ2) is 9.05. The van der Waals surface area contributed by atoms with Crippen LogP contribution in [0, 0.1) is 12.3 Å². The highest BCUT2D eigenvalue weighted by molar-refractivity contribution is 5.93. The Kier molecular flexibility index (Phi) is 6.73. The minimum Gasteiger partial charge on any atom is -0.350 e. The van der Waals surface area contributed by atoms with E-state index in [1.165, 1.54) is 24.8 Å². The van der Waals surface area contributed by atoms with Crippen LogP contribution in [0.4, 0.5) is 0 Å². The van der Waals surface area contributed by atoms with Crippen LogP contribution in [0.2, 0.25) is 0 Å². The number of hydrogen-bond donors (Lipinski definition) is 2. The molecule has 6 nitrogen and oxygen atoms in total. The van der Waals surface area contributed by atoms with Crippen LogP contribution >= 0.6 is 12.4 Å². The van der Waals surface area contributed by atoms with E-state index in [0.717, 1.165) is 38.0 Å². The van der Waals surface area contributed by atoms with Gasteiger partial charge in [-0.25, -0.2) is 4.68 Å². The molecule has 1 aliphatic carbocycles. The minimum absolute atomic E-state index is 0. The predicted octanol–water partition coefficient (Wildman–Crippen LogP) is 3.08. The second-order valence-electron chi connectivity index (χ2n) is 8.15. The zero-order valence-electron chi connectivity index (χ0n) is 16.5. The van der Waals surface area contributed by atoms with Crippen LogP contribution < -0.4 is 10.6 Å². The molecule has 0 atom stereocenters. The highest BCUT2D eigenvalue weighted by Crippen LogP contribution is 2.43. The van der Waals surface area contributed by atoms with Gasteiger partial charge >= 0.3 is 0 Å². The fraction of sp³-hybridized carbons (Fsp3) is 0.571. The zero-order chi connectivity index (χ0) is 18.7. The number of carbonyl (C=O) groups excluding carboxylic acids is 1.